The van der Waals surface area contributed by atoms with Crippen LogP contribution in [0.4, 0.5) is 0 Å². The van der Waals surface area contributed by atoms with Gasteiger partial charge in [-0.15, -0.1) is 10.2 Å². The van der Waals surface area contributed by atoms with Crippen LogP contribution in [-0.4, -0.2) is 22.8 Å². The first-order chi connectivity index (χ1) is 17.6. The number of benzene rings is 3. The molecule has 3 aromatic carbocycles. The normalized spacial score (nSPS) is 12.6. The molecule has 2 aromatic heterocycles. The first-order valence-corrected chi connectivity index (χ1v) is 15.7. The minimum Gasteiger partial charge on any atom is -0.455 e. The van der Waals surface area contributed by atoms with Crippen LogP contribution < -0.4 is 5.19 Å². The molecule has 0 saturated heterocycles. The van der Waals surface area contributed by atoms with Gasteiger partial charge in [-0.25, -0.2) is 0 Å². The second-order valence-electron chi connectivity index (χ2n) is 11.7. The van der Waals surface area contributed by atoms with Crippen molar-refractivity contribution in [3.63, 3.8) is 0 Å². The van der Waals surface area contributed by atoms with Gasteiger partial charge in [-0.2, -0.15) is 0 Å². The van der Waals surface area contributed by atoms with Crippen molar-refractivity contribution in [1.82, 2.24) is 14.8 Å². The molecule has 5 heteroatoms. The lowest BCUT2D eigenvalue weighted by Gasteiger charge is -2.43. The summed E-state index contributed by atoms with van der Waals surface area (Å²) in [5, 5.41) is 12.8. The molecule has 0 spiro atoms. The maximum absolute atomic E-state index is 6.56. The molecule has 0 aliphatic rings. The summed E-state index contributed by atoms with van der Waals surface area (Å²) < 4.78 is 8.66. The molecule has 0 aliphatic heterocycles. The monoisotopic (exact) mass is 509 g/mol. The summed E-state index contributed by atoms with van der Waals surface area (Å²) in [6.45, 7) is 21.0. The third-order valence-corrected chi connectivity index (χ3v) is 15.6. The van der Waals surface area contributed by atoms with E-state index in [1.54, 1.807) is 0 Å². The first kappa shape index (κ1) is 25.5. The zero-order valence-corrected chi connectivity index (χ0v) is 24.7. The molecule has 0 bridgehead atoms. The third kappa shape index (κ3) is 3.86. The number of furan rings is 1. The highest BCUT2D eigenvalue weighted by Gasteiger charge is 2.44. The Labute approximate surface area is 221 Å². The summed E-state index contributed by atoms with van der Waals surface area (Å²) in [4.78, 5) is 0. The topological polar surface area (TPSA) is 43.9 Å². The fraction of sp³-hybridized carbons (Fsp3) is 0.375. The third-order valence-electron chi connectivity index (χ3n) is 8.53. The summed E-state index contributed by atoms with van der Waals surface area (Å²) in [6, 6.07) is 17.8. The quantitative estimate of drug-likeness (QED) is 0.215. The standard InChI is InChI=1S/C32H39N3OSi/c1-19(2)37(20(3)4,21(5)6)25-13-14-29-28(17-25)26-11-10-12-27(31(26)36-29)32-34-33-18-35(32)30-23(8)15-22(7)16-24(30)9/h10-21H,1-9H3. The molecule has 0 atom stereocenters. The van der Waals surface area contributed by atoms with E-state index in [2.05, 4.69) is 126 Å². The van der Waals surface area contributed by atoms with Crippen LogP contribution in [0, 0.1) is 20.8 Å². The van der Waals surface area contributed by atoms with Crippen LogP contribution >= 0.6 is 0 Å². The van der Waals surface area contributed by atoms with Gasteiger partial charge in [-0.3, -0.25) is 4.57 Å². The van der Waals surface area contributed by atoms with Gasteiger partial charge in [-0.05, 0) is 60.7 Å². The average molecular weight is 510 g/mol. The van der Waals surface area contributed by atoms with E-state index in [-0.39, 0.29) is 0 Å². The first-order valence-electron chi connectivity index (χ1n) is 13.5. The van der Waals surface area contributed by atoms with Gasteiger partial charge in [0.25, 0.3) is 0 Å². The van der Waals surface area contributed by atoms with Crippen molar-refractivity contribution in [3.8, 4) is 17.1 Å². The number of fused-ring (bicyclic) bond motifs is 3. The predicted octanol–water partition coefficient (Wildman–Crippen LogP) is 8.64. The van der Waals surface area contributed by atoms with Crippen LogP contribution in [-0.2, 0) is 0 Å². The Bertz CT molecular complexity index is 1560. The van der Waals surface area contributed by atoms with E-state index in [4.69, 9.17) is 4.42 Å². The highest BCUT2D eigenvalue weighted by Crippen LogP contribution is 2.42. The fourth-order valence-corrected chi connectivity index (χ4v) is 14.1. The van der Waals surface area contributed by atoms with Crippen molar-refractivity contribution < 1.29 is 4.42 Å². The van der Waals surface area contributed by atoms with E-state index in [0.717, 1.165) is 33.6 Å². The number of para-hydroxylation sites is 1. The second kappa shape index (κ2) is 9.28. The minimum atomic E-state index is -1.79. The summed E-state index contributed by atoms with van der Waals surface area (Å²) in [5.41, 5.74) is 9.52. The van der Waals surface area contributed by atoms with Crippen molar-refractivity contribution in [1.29, 1.82) is 0 Å². The highest BCUT2D eigenvalue weighted by atomic mass is 28.3. The number of rotatable bonds is 6. The zero-order chi connectivity index (χ0) is 26.6. The van der Waals surface area contributed by atoms with Gasteiger partial charge in [-0.1, -0.05) is 88.7 Å². The van der Waals surface area contributed by atoms with Crippen LogP contribution in [0.1, 0.15) is 58.2 Å². The van der Waals surface area contributed by atoms with Gasteiger partial charge in [0, 0.05) is 10.8 Å². The molecule has 0 aliphatic carbocycles. The molecule has 0 N–H and O–H groups in total. The SMILES string of the molecule is Cc1cc(C)c(-n2cnnc2-c2cccc3c2oc2ccc([Si](C(C)C)(C(C)C)C(C)C)cc23)c(C)c1. The number of hydrogen-bond donors (Lipinski definition) is 0. The maximum Gasteiger partial charge on any atom is 0.172 e. The largest absolute Gasteiger partial charge is 0.455 e. The lowest BCUT2D eigenvalue weighted by Crippen LogP contribution is -2.55. The highest BCUT2D eigenvalue weighted by molar-refractivity contribution is 6.95. The number of hydrogen-bond acceptors (Lipinski definition) is 3. The van der Waals surface area contributed by atoms with E-state index >= 15 is 0 Å². The minimum absolute atomic E-state index is 0.651. The molecular weight excluding hydrogens is 470 g/mol. The summed E-state index contributed by atoms with van der Waals surface area (Å²) in [7, 11) is -1.79. The van der Waals surface area contributed by atoms with Crippen molar-refractivity contribution in [2.24, 2.45) is 0 Å². The van der Waals surface area contributed by atoms with Gasteiger partial charge in [0.1, 0.15) is 17.5 Å². The van der Waals surface area contributed by atoms with Crippen molar-refractivity contribution >= 4 is 35.2 Å². The molecule has 2 heterocycles. The summed E-state index contributed by atoms with van der Waals surface area (Å²) >= 11 is 0. The van der Waals surface area contributed by atoms with E-state index in [9.17, 15) is 0 Å². The summed E-state index contributed by atoms with van der Waals surface area (Å²) in [5.74, 6) is 0.801. The van der Waals surface area contributed by atoms with Crippen molar-refractivity contribution in [2.75, 3.05) is 0 Å². The Balaban J connectivity index is 1.74. The molecular formula is C32H39N3OSi. The molecule has 0 fully saturated rings. The Morgan fingerprint density at radius 1 is 0.784 bits per heavy atom. The molecule has 0 radical (unpaired) electrons. The van der Waals surface area contributed by atoms with E-state index in [1.807, 2.05) is 6.33 Å². The second-order valence-corrected chi connectivity index (χ2v) is 17.6. The Morgan fingerprint density at radius 2 is 1.43 bits per heavy atom. The average Bonchev–Trinajstić information content (AvgIpc) is 3.42. The lowest BCUT2D eigenvalue weighted by molar-refractivity contribution is 0.669. The van der Waals surface area contributed by atoms with E-state index in [1.165, 1.54) is 27.3 Å². The van der Waals surface area contributed by atoms with Gasteiger partial charge in [0.2, 0.25) is 0 Å². The van der Waals surface area contributed by atoms with Crippen LogP contribution in [0.3, 0.4) is 0 Å². The van der Waals surface area contributed by atoms with Gasteiger partial charge in [0.15, 0.2) is 5.82 Å². The van der Waals surface area contributed by atoms with Gasteiger partial charge in [0.05, 0.1) is 19.3 Å². The van der Waals surface area contributed by atoms with E-state index in [0.29, 0.717) is 16.6 Å². The molecule has 5 rings (SSSR count). The van der Waals surface area contributed by atoms with Crippen LogP contribution in [0.25, 0.3) is 39.0 Å². The smallest absolute Gasteiger partial charge is 0.172 e. The Morgan fingerprint density at radius 3 is 2.05 bits per heavy atom. The molecule has 37 heavy (non-hydrogen) atoms. The maximum atomic E-state index is 6.56. The molecule has 4 nitrogen and oxygen atoms in total. The number of aromatic nitrogens is 3. The predicted molar refractivity (Wildman–Crippen MR) is 159 cm³/mol. The van der Waals surface area contributed by atoms with E-state index < -0.39 is 8.07 Å². The molecule has 192 valence electrons. The van der Waals surface area contributed by atoms with Crippen LogP contribution in [0.5, 0.6) is 0 Å². The van der Waals surface area contributed by atoms with Gasteiger partial charge >= 0.3 is 0 Å². The summed E-state index contributed by atoms with van der Waals surface area (Å²) in [6.07, 6.45) is 1.81. The lowest BCUT2D eigenvalue weighted by atomic mass is 10.0. The van der Waals surface area contributed by atoms with Crippen LogP contribution in [0.2, 0.25) is 16.6 Å². The Kier molecular flexibility index (Phi) is 6.39. The molecule has 0 unspecified atom stereocenters. The fourth-order valence-electron chi connectivity index (χ4n) is 7.38. The van der Waals surface area contributed by atoms with Crippen LogP contribution in [0.15, 0.2) is 59.3 Å². The number of nitrogens with zero attached hydrogens (tertiary/aromatic N) is 3. The van der Waals surface area contributed by atoms with Gasteiger partial charge < -0.3 is 4.42 Å². The van der Waals surface area contributed by atoms with Crippen molar-refractivity contribution in [2.45, 2.75) is 78.9 Å². The Hall–Kier alpha value is -3.18. The number of aryl methyl sites for hydroxylation is 3. The zero-order valence-electron chi connectivity index (χ0n) is 23.7. The molecule has 0 saturated carbocycles. The van der Waals surface area contributed by atoms with Crippen molar-refractivity contribution in [3.05, 3.63) is 71.5 Å². The molecule has 0 amide bonds. The molecule has 5 aromatic rings.